The van der Waals surface area contributed by atoms with E-state index in [2.05, 4.69) is 26.1 Å². The third-order valence-electron chi connectivity index (χ3n) is 4.16. The summed E-state index contributed by atoms with van der Waals surface area (Å²) in [7, 11) is 0. The Morgan fingerprint density at radius 3 is 2.63 bits per heavy atom. The Balaban J connectivity index is 2.14. The van der Waals surface area contributed by atoms with Crippen molar-refractivity contribution in [1.82, 2.24) is 5.32 Å². The molecule has 0 aliphatic carbocycles. The first-order valence-corrected chi connectivity index (χ1v) is 7.16. The maximum absolute atomic E-state index is 13.3. The zero-order valence-electron chi connectivity index (χ0n) is 12.1. The average molecular weight is 265 g/mol. The number of rotatable bonds is 4. The van der Waals surface area contributed by atoms with Crippen LogP contribution in [0.25, 0.3) is 0 Å². The molecule has 1 saturated heterocycles. The van der Waals surface area contributed by atoms with Gasteiger partial charge in [0.05, 0.1) is 11.2 Å². The quantitative estimate of drug-likeness (QED) is 0.902. The summed E-state index contributed by atoms with van der Waals surface area (Å²) in [4.78, 5) is 0. The molecule has 1 N–H and O–H groups in total. The normalized spacial score (nSPS) is 26.3. The van der Waals surface area contributed by atoms with Crippen LogP contribution in [0.1, 0.15) is 39.2 Å². The third kappa shape index (κ3) is 3.34. The van der Waals surface area contributed by atoms with Gasteiger partial charge in [-0.1, -0.05) is 26.0 Å². The lowest BCUT2D eigenvalue weighted by Gasteiger charge is -2.47. The van der Waals surface area contributed by atoms with Gasteiger partial charge in [0.2, 0.25) is 0 Å². The molecule has 19 heavy (non-hydrogen) atoms. The van der Waals surface area contributed by atoms with Gasteiger partial charge in [0, 0.05) is 19.5 Å². The molecule has 0 spiro atoms. The first-order valence-electron chi connectivity index (χ1n) is 7.16. The van der Waals surface area contributed by atoms with Crippen molar-refractivity contribution in [2.45, 2.75) is 51.2 Å². The van der Waals surface area contributed by atoms with Gasteiger partial charge >= 0.3 is 0 Å². The second-order valence-electron chi connectivity index (χ2n) is 5.85. The van der Waals surface area contributed by atoms with E-state index in [4.69, 9.17) is 4.74 Å². The monoisotopic (exact) mass is 265 g/mol. The molecule has 2 rings (SSSR count). The van der Waals surface area contributed by atoms with Crippen molar-refractivity contribution in [2.24, 2.45) is 0 Å². The van der Waals surface area contributed by atoms with E-state index in [1.165, 1.54) is 6.07 Å². The van der Waals surface area contributed by atoms with Crippen LogP contribution in [0, 0.1) is 5.82 Å². The van der Waals surface area contributed by atoms with Gasteiger partial charge in [-0.25, -0.2) is 4.39 Å². The minimum Gasteiger partial charge on any atom is -0.366 e. The van der Waals surface area contributed by atoms with Crippen molar-refractivity contribution >= 4 is 0 Å². The van der Waals surface area contributed by atoms with E-state index in [9.17, 15) is 4.39 Å². The Morgan fingerprint density at radius 1 is 1.26 bits per heavy atom. The zero-order chi connectivity index (χ0) is 13.9. The molecule has 0 amide bonds. The summed E-state index contributed by atoms with van der Waals surface area (Å²) in [6.45, 7) is 8.16. The maximum Gasteiger partial charge on any atom is 0.123 e. The van der Waals surface area contributed by atoms with Crippen LogP contribution in [-0.4, -0.2) is 24.3 Å². The number of morpholine rings is 1. The Morgan fingerprint density at radius 2 is 2.00 bits per heavy atom. The number of hydrogen-bond acceptors (Lipinski definition) is 2. The summed E-state index contributed by atoms with van der Waals surface area (Å²) >= 11 is 0. The fourth-order valence-corrected chi connectivity index (χ4v) is 2.97. The highest BCUT2D eigenvalue weighted by Gasteiger charge is 2.40. The van der Waals surface area contributed by atoms with Crippen LogP contribution in [-0.2, 0) is 11.2 Å². The zero-order valence-corrected chi connectivity index (χ0v) is 12.1. The van der Waals surface area contributed by atoms with Crippen molar-refractivity contribution in [3.63, 3.8) is 0 Å². The third-order valence-corrected chi connectivity index (χ3v) is 4.16. The molecule has 1 aliphatic heterocycles. The Hall–Kier alpha value is -0.930. The van der Waals surface area contributed by atoms with Crippen molar-refractivity contribution in [1.29, 1.82) is 0 Å². The van der Waals surface area contributed by atoms with Crippen molar-refractivity contribution < 1.29 is 9.13 Å². The molecule has 0 bridgehead atoms. The molecular formula is C16H24FNO. The Bertz CT molecular complexity index is 431. The first-order chi connectivity index (χ1) is 9.01. The van der Waals surface area contributed by atoms with E-state index >= 15 is 0 Å². The molecule has 1 fully saturated rings. The van der Waals surface area contributed by atoms with E-state index in [-0.39, 0.29) is 17.0 Å². The number of hydrogen-bond donors (Lipinski definition) is 1. The second-order valence-corrected chi connectivity index (χ2v) is 5.85. The van der Waals surface area contributed by atoms with Gasteiger partial charge in [-0.3, -0.25) is 0 Å². The average Bonchev–Trinajstić information content (AvgIpc) is 2.38. The molecule has 2 nitrogen and oxygen atoms in total. The maximum atomic E-state index is 13.3. The van der Waals surface area contributed by atoms with Crippen LogP contribution in [0.3, 0.4) is 0 Å². The summed E-state index contributed by atoms with van der Waals surface area (Å²) in [5.74, 6) is -0.179. The van der Waals surface area contributed by atoms with Gasteiger partial charge in [-0.15, -0.1) is 0 Å². The SMILES string of the molecule is CCC1(CC)CNCC(C)(Cc2cccc(F)c2)O1. The van der Waals surface area contributed by atoms with Gasteiger partial charge in [0.15, 0.2) is 0 Å². The topological polar surface area (TPSA) is 21.3 Å². The minimum atomic E-state index is -0.266. The highest BCUT2D eigenvalue weighted by atomic mass is 19.1. The van der Waals surface area contributed by atoms with Gasteiger partial charge in [0.25, 0.3) is 0 Å². The summed E-state index contributed by atoms with van der Waals surface area (Å²) in [5, 5.41) is 3.48. The number of nitrogens with one attached hydrogen (secondary N) is 1. The van der Waals surface area contributed by atoms with Crippen LogP contribution >= 0.6 is 0 Å². The molecule has 1 aromatic carbocycles. The molecular weight excluding hydrogens is 241 g/mol. The lowest BCUT2D eigenvalue weighted by Crippen LogP contribution is -2.59. The summed E-state index contributed by atoms with van der Waals surface area (Å²) in [5.41, 5.74) is 0.644. The molecule has 1 heterocycles. The van der Waals surface area contributed by atoms with Crippen LogP contribution in [0.4, 0.5) is 4.39 Å². The molecule has 1 atom stereocenters. The van der Waals surface area contributed by atoms with Crippen LogP contribution in [0.15, 0.2) is 24.3 Å². The van der Waals surface area contributed by atoms with E-state index in [1.54, 1.807) is 12.1 Å². The van der Waals surface area contributed by atoms with Crippen LogP contribution in [0.5, 0.6) is 0 Å². The van der Waals surface area contributed by atoms with E-state index in [0.717, 1.165) is 37.9 Å². The number of ether oxygens (including phenoxy) is 1. The molecule has 0 saturated carbocycles. The number of benzene rings is 1. The molecule has 0 aromatic heterocycles. The standard InChI is InChI=1S/C16H24FNO/c1-4-16(5-2)12-18-11-15(3,19-16)10-13-7-6-8-14(17)9-13/h6-9,18H,4-5,10-12H2,1-3H3. The highest BCUT2D eigenvalue weighted by Crippen LogP contribution is 2.32. The Kier molecular flexibility index (Phi) is 4.26. The lowest BCUT2D eigenvalue weighted by atomic mass is 9.88. The Labute approximate surface area is 115 Å². The van der Waals surface area contributed by atoms with Crippen molar-refractivity contribution in [2.75, 3.05) is 13.1 Å². The van der Waals surface area contributed by atoms with Crippen molar-refractivity contribution in [3.8, 4) is 0 Å². The smallest absolute Gasteiger partial charge is 0.123 e. The van der Waals surface area contributed by atoms with Crippen LogP contribution in [0.2, 0.25) is 0 Å². The van der Waals surface area contributed by atoms with E-state index < -0.39 is 0 Å². The predicted octanol–water partition coefficient (Wildman–Crippen LogP) is 3.31. The summed E-state index contributed by atoms with van der Waals surface area (Å²) < 4.78 is 19.7. The molecule has 1 aliphatic rings. The molecule has 1 unspecified atom stereocenters. The molecule has 106 valence electrons. The van der Waals surface area contributed by atoms with Crippen molar-refractivity contribution in [3.05, 3.63) is 35.6 Å². The highest BCUT2D eigenvalue weighted by molar-refractivity contribution is 5.19. The molecule has 0 radical (unpaired) electrons. The number of halogens is 1. The fraction of sp³-hybridized carbons (Fsp3) is 0.625. The minimum absolute atomic E-state index is 0.0830. The lowest BCUT2D eigenvalue weighted by molar-refractivity contribution is -0.172. The van der Waals surface area contributed by atoms with E-state index in [0.29, 0.717) is 0 Å². The first kappa shape index (κ1) is 14.5. The molecule has 1 aromatic rings. The largest absolute Gasteiger partial charge is 0.366 e. The van der Waals surface area contributed by atoms with E-state index in [1.807, 2.05) is 6.07 Å². The van der Waals surface area contributed by atoms with Gasteiger partial charge < -0.3 is 10.1 Å². The van der Waals surface area contributed by atoms with Gasteiger partial charge in [-0.05, 0) is 37.5 Å². The summed E-state index contributed by atoms with van der Waals surface area (Å²) in [6, 6.07) is 6.81. The van der Waals surface area contributed by atoms with Gasteiger partial charge in [0.1, 0.15) is 5.82 Å². The predicted molar refractivity (Wildman–Crippen MR) is 75.8 cm³/mol. The van der Waals surface area contributed by atoms with Gasteiger partial charge in [-0.2, -0.15) is 0 Å². The second kappa shape index (κ2) is 5.59. The molecule has 3 heteroatoms. The fourth-order valence-electron chi connectivity index (χ4n) is 2.97. The summed E-state index contributed by atoms with van der Waals surface area (Å²) in [6.07, 6.45) is 2.73. The van der Waals surface area contributed by atoms with Crippen LogP contribution < -0.4 is 5.32 Å².